The van der Waals surface area contributed by atoms with Gasteiger partial charge in [0.05, 0.1) is 0 Å². The predicted molar refractivity (Wildman–Crippen MR) is 78.1 cm³/mol. The van der Waals surface area contributed by atoms with Crippen LogP contribution in [0.25, 0.3) is 0 Å². The summed E-state index contributed by atoms with van der Waals surface area (Å²) in [6, 6.07) is -0.170. The SMILES string of the molecule is CCC1C(=O)NC2(CCCC2)C(=O)N1C(C)CSC. The lowest BCUT2D eigenvalue weighted by Crippen LogP contribution is -2.71. The Morgan fingerprint density at radius 3 is 2.58 bits per heavy atom. The van der Waals surface area contributed by atoms with E-state index in [2.05, 4.69) is 12.2 Å². The predicted octanol–water partition coefficient (Wildman–Crippen LogP) is 1.79. The fourth-order valence-corrected chi connectivity index (χ4v) is 4.06. The molecule has 1 aliphatic carbocycles. The monoisotopic (exact) mass is 284 g/mol. The zero-order chi connectivity index (χ0) is 14.0. The molecule has 2 fully saturated rings. The number of carbonyl (C=O) groups excluding carboxylic acids is 2. The minimum absolute atomic E-state index is 0.0388. The van der Waals surface area contributed by atoms with E-state index in [1.165, 1.54) is 0 Å². The van der Waals surface area contributed by atoms with E-state index in [1.807, 2.05) is 18.1 Å². The van der Waals surface area contributed by atoms with Gasteiger partial charge < -0.3 is 10.2 Å². The molecule has 2 aliphatic rings. The van der Waals surface area contributed by atoms with Crippen molar-refractivity contribution in [3.05, 3.63) is 0 Å². The Morgan fingerprint density at radius 2 is 2.05 bits per heavy atom. The molecule has 5 heteroatoms. The first kappa shape index (κ1) is 14.7. The summed E-state index contributed by atoms with van der Waals surface area (Å²) in [4.78, 5) is 27.1. The van der Waals surface area contributed by atoms with Crippen molar-refractivity contribution in [2.45, 2.75) is 63.6 Å². The third-order valence-corrected chi connectivity index (χ3v) is 5.19. The number of thioether (sulfide) groups is 1. The quantitative estimate of drug-likeness (QED) is 0.856. The molecular formula is C14H24N2O2S. The normalized spacial score (nSPS) is 27.7. The molecule has 0 radical (unpaired) electrons. The second-order valence-electron chi connectivity index (χ2n) is 5.72. The maximum Gasteiger partial charge on any atom is 0.249 e. The molecular weight excluding hydrogens is 260 g/mol. The third-order valence-electron chi connectivity index (χ3n) is 4.37. The van der Waals surface area contributed by atoms with E-state index in [0.717, 1.165) is 31.4 Å². The van der Waals surface area contributed by atoms with E-state index in [-0.39, 0.29) is 23.9 Å². The molecule has 2 amide bonds. The Bertz CT molecular complexity index is 366. The summed E-state index contributed by atoms with van der Waals surface area (Å²) in [5.41, 5.74) is -0.588. The lowest BCUT2D eigenvalue weighted by Gasteiger charge is -2.46. The van der Waals surface area contributed by atoms with Crippen LogP contribution in [0.3, 0.4) is 0 Å². The molecule has 1 spiro atoms. The molecule has 2 rings (SSSR count). The summed E-state index contributed by atoms with van der Waals surface area (Å²) in [7, 11) is 0. The van der Waals surface area contributed by atoms with E-state index in [0.29, 0.717) is 6.42 Å². The van der Waals surface area contributed by atoms with Crippen molar-refractivity contribution in [1.29, 1.82) is 0 Å². The average molecular weight is 284 g/mol. The molecule has 108 valence electrons. The molecule has 0 aromatic rings. The maximum atomic E-state index is 12.9. The Morgan fingerprint density at radius 1 is 1.42 bits per heavy atom. The van der Waals surface area contributed by atoms with Crippen LogP contribution in [0.15, 0.2) is 0 Å². The van der Waals surface area contributed by atoms with Crippen molar-refractivity contribution < 1.29 is 9.59 Å². The minimum Gasteiger partial charge on any atom is -0.340 e. The van der Waals surface area contributed by atoms with Crippen molar-refractivity contribution in [3.63, 3.8) is 0 Å². The van der Waals surface area contributed by atoms with Gasteiger partial charge in [-0.25, -0.2) is 0 Å². The standard InChI is InChI=1S/C14H24N2O2S/c1-4-11-12(17)15-14(7-5-6-8-14)13(18)16(11)10(2)9-19-3/h10-11H,4-9H2,1-3H3,(H,15,17). The summed E-state index contributed by atoms with van der Waals surface area (Å²) < 4.78 is 0. The highest BCUT2D eigenvalue weighted by Crippen LogP contribution is 2.36. The summed E-state index contributed by atoms with van der Waals surface area (Å²) in [5.74, 6) is 1.07. The Labute approximate surface area is 119 Å². The number of nitrogens with one attached hydrogen (secondary N) is 1. The van der Waals surface area contributed by atoms with Gasteiger partial charge in [0.1, 0.15) is 11.6 Å². The summed E-state index contributed by atoms with van der Waals surface area (Å²) in [6.07, 6.45) is 6.40. The van der Waals surface area contributed by atoms with Crippen LogP contribution < -0.4 is 5.32 Å². The molecule has 1 heterocycles. The van der Waals surface area contributed by atoms with E-state index in [4.69, 9.17) is 0 Å². The number of hydrogen-bond acceptors (Lipinski definition) is 3. The van der Waals surface area contributed by atoms with E-state index in [9.17, 15) is 9.59 Å². The average Bonchev–Trinajstić information content (AvgIpc) is 2.83. The van der Waals surface area contributed by atoms with Gasteiger partial charge in [-0.1, -0.05) is 19.8 Å². The molecule has 1 saturated heterocycles. The first-order valence-electron chi connectivity index (χ1n) is 7.19. The maximum absolute atomic E-state index is 12.9. The zero-order valence-electron chi connectivity index (χ0n) is 12.1. The largest absolute Gasteiger partial charge is 0.340 e. The molecule has 2 unspecified atom stereocenters. The van der Waals surface area contributed by atoms with Gasteiger partial charge in [0.25, 0.3) is 0 Å². The van der Waals surface area contributed by atoms with Crippen molar-refractivity contribution in [1.82, 2.24) is 10.2 Å². The highest BCUT2D eigenvalue weighted by molar-refractivity contribution is 7.98. The van der Waals surface area contributed by atoms with Crippen molar-refractivity contribution >= 4 is 23.6 Å². The van der Waals surface area contributed by atoms with Gasteiger partial charge in [-0.3, -0.25) is 9.59 Å². The number of hydrogen-bond donors (Lipinski definition) is 1. The van der Waals surface area contributed by atoms with Gasteiger partial charge in [0.2, 0.25) is 11.8 Å². The summed E-state index contributed by atoms with van der Waals surface area (Å²) >= 11 is 1.72. The van der Waals surface area contributed by atoms with Gasteiger partial charge in [-0.2, -0.15) is 11.8 Å². The highest BCUT2D eigenvalue weighted by atomic mass is 32.2. The van der Waals surface area contributed by atoms with Crippen LogP contribution in [0, 0.1) is 0 Å². The van der Waals surface area contributed by atoms with E-state index < -0.39 is 5.54 Å². The Kier molecular flexibility index (Phi) is 4.43. The molecule has 1 saturated carbocycles. The van der Waals surface area contributed by atoms with Crippen LogP contribution >= 0.6 is 11.8 Å². The van der Waals surface area contributed by atoms with Gasteiger partial charge in [0, 0.05) is 11.8 Å². The van der Waals surface area contributed by atoms with E-state index >= 15 is 0 Å². The van der Waals surface area contributed by atoms with Crippen LogP contribution in [-0.4, -0.2) is 46.3 Å². The van der Waals surface area contributed by atoms with Gasteiger partial charge in [-0.15, -0.1) is 0 Å². The molecule has 2 atom stereocenters. The second kappa shape index (κ2) is 5.73. The molecule has 1 aliphatic heterocycles. The lowest BCUT2D eigenvalue weighted by atomic mass is 9.89. The summed E-state index contributed by atoms with van der Waals surface area (Å²) in [5, 5.41) is 3.03. The topological polar surface area (TPSA) is 49.4 Å². The molecule has 0 aromatic carbocycles. The summed E-state index contributed by atoms with van der Waals surface area (Å²) in [6.45, 7) is 4.03. The molecule has 0 aromatic heterocycles. The molecule has 19 heavy (non-hydrogen) atoms. The number of nitrogens with zero attached hydrogens (tertiary/aromatic N) is 1. The van der Waals surface area contributed by atoms with Crippen molar-refractivity contribution in [2.75, 3.05) is 12.0 Å². The smallest absolute Gasteiger partial charge is 0.249 e. The minimum atomic E-state index is -0.588. The fraction of sp³-hybridized carbons (Fsp3) is 0.857. The second-order valence-corrected chi connectivity index (χ2v) is 6.63. The van der Waals surface area contributed by atoms with Gasteiger partial charge >= 0.3 is 0 Å². The molecule has 0 bridgehead atoms. The first-order chi connectivity index (χ1) is 9.05. The van der Waals surface area contributed by atoms with Crippen LogP contribution in [0.2, 0.25) is 0 Å². The van der Waals surface area contributed by atoms with Crippen LogP contribution in [-0.2, 0) is 9.59 Å². The van der Waals surface area contributed by atoms with Crippen molar-refractivity contribution in [3.8, 4) is 0 Å². The number of carbonyl (C=O) groups is 2. The highest BCUT2D eigenvalue weighted by Gasteiger charge is 2.52. The zero-order valence-corrected chi connectivity index (χ0v) is 12.9. The fourth-order valence-electron chi connectivity index (χ4n) is 3.42. The van der Waals surface area contributed by atoms with Gasteiger partial charge in [0.15, 0.2) is 0 Å². The molecule has 4 nitrogen and oxygen atoms in total. The first-order valence-corrected chi connectivity index (χ1v) is 8.59. The number of amides is 2. The Balaban J connectivity index is 2.28. The van der Waals surface area contributed by atoms with Crippen LogP contribution in [0.5, 0.6) is 0 Å². The lowest BCUT2D eigenvalue weighted by molar-refractivity contribution is -0.157. The van der Waals surface area contributed by atoms with Crippen LogP contribution in [0.1, 0.15) is 46.0 Å². The number of rotatable bonds is 4. The third kappa shape index (κ3) is 2.49. The van der Waals surface area contributed by atoms with E-state index in [1.54, 1.807) is 11.8 Å². The molecule has 1 N–H and O–H groups in total. The van der Waals surface area contributed by atoms with Crippen LogP contribution in [0.4, 0.5) is 0 Å². The Hall–Kier alpha value is -0.710. The number of piperazine rings is 1. The van der Waals surface area contributed by atoms with Gasteiger partial charge in [-0.05, 0) is 32.4 Å². The van der Waals surface area contributed by atoms with Crippen molar-refractivity contribution in [2.24, 2.45) is 0 Å².